The zero-order valence-corrected chi connectivity index (χ0v) is 14.4. The Morgan fingerprint density at radius 2 is 1.80 bits per heavy atom. The first kappa shape index (κ1) is 15.9. The Balaban J connectivity index is 1.46. The second-order valence-corrected chi connectivity index (χ2v) is 6.49. The van der Waals surface area contributed by atoms with Crippen LogP contribution in [0.4, 0.5) is 0 Å². The molecule has 0 atom stereocenters. The Morgan fingerprint density at radius 1 is 1.04 bits per heavy atom. The van der Waals surface area contributed by atoms with E-state index in [9.17, 15) is 0 Å². The van der Waals surface area contributed by atoms with E-state index in [-0.39, 0.29) is 0 Å². The lowest BCUT2D eigenvalue weighted by Gasteiger charge is -2.20. The van der Waals surface area contributed by atoms with Gasteiger partial charge < -0.3 is 9.15 Å². The number of benzene rings is 2. The smallest absolute Gasteiger partial charge is 0.226 e. The van der Waals surface area contributed by atoms with Gasteiger partial charge in [0.05, 0.1) is 12.8 Å². The Kier molecular flexibility index (Phi) is 4.53. The van der Waals surface area contributed by atoms with Crippen molar-refractivity contribution < 1.29 is 9.15 Å². The van der Waals surface area contributed by atoms with Crippen molar-refractivity contribution in [2.24, 2.45) is 0 Å². The van der Waals surface area contributed by atoms with Gasteiger partial charge in [-0.2, -0.15) is 0 Å². The Bertz CT molecular complexity index is 807. The minimum absolute atomic E-state index is 0.660. The number of nitrogens with zero attached hydrogens (tertiary/aromatic N) is 2. The first-order chi connectivity index (χ1) is 12.3. The molecule has 0 amide bonds. The molecule has 0 bridgehead atoms. The molecule has 0 unspecified atom stereocenters. The number of hydrogen-bond donors (Lipinski definition) is 0. The molecular formula is C21H22N2O2. The van der Waals surface area contributed by atoms with E-state index in [1.807, 2.05) is 24.3 Å². The van der Waals surface area contributed by atoms with Crippen molar-refractivity contribution >= 4 is 0 Å². The maximum absolute atomic E-state index is 5.70. The minimum atomic E-state index is 0.660. The summed E-state index contributed by atoms with van der Waals surface area (Å²) in [6.45, 7) is 1.77. The molecule has 25 heavy (non-hydrogen) atoms. The van der Waals surface area contributed by atoms with E-state index in [2.05, 4.69) is 40.2 Å². The molecule has 4 nitrogen and oxygen atoms in total. The van der Waals surface area contributed by atoms with E-state index in [1.54, 1.807) is 13.4 Å². The van der Waals surface area contributed by atoms with Gasteiger partial charge >= 0.3 is 0 Å². The number of ether oxygens (including phenoxy) is 1. The second-order valence-electron chi connectivity index (χ2n) is 6.49. The van der Waals surface area contributed by atoms with Crippen LogP contribution in [-0.4, -0.2) is 23.0 Å². The van der Waals surface area contributed by atoms with Gasteiger partial charge in [-0.05, 0) is 42.7 Å². The number of methoxy groups -OCH3 is 1. The molecular weight excluding hydrogens is 312 g/mol. The Labute approximate surface area is 148 Å². The minimum Gasteiger partial charge on any atom is -0.497 e. The predicted molar refractivity (Wildman–Crippen MR) is 97.2 cm³/mol. The maximum atomic E-state index is 5.70. The molecule has 4 heteroatoms. The summed E-state index contributed by atoms with van der Waals surface area (Å²) in [5, 5.41) is 0. The fraction of sp³-hybridized carbons (Fsp3) is 0.286. The van der Waals surface area contributed by atoms with Gasteiger partial charge in [0.1, 0.15) is 12.0 Å². The summed E-state index contributed by atoms with van der Waals surface area (Å²) in [4.78, 5) is 7.17. The molecule has 1 aliphatic rings. The third-order valence-corrected chi connectivity index (χ3v) is 4.55. The normalized spacial score (nSPS) is 14.0. The van der Waals surface area contributed by atoms with Gasteiger partial charge in [0.25, 0.3) is 0 Å². The Morgan fingerprint density at radius 3 is 2.48 bits per heavy atom. The molecule has 1 saturated carbocycles. The molecule has 1 heterocycles. The van der Waals surface area contributed by atoms with E-state index in [0.717, 1.165) is 30.1 Å². The average molecular weight is 334 g/mol. The summed E-state index contributed by atoms with van der Waals surface area (Å²) in [6.07, 6.45) is 4.33. The molecule has 1 aliphatic carbocycles. The second kappa shape index (κ2) is 7.11. The van der Waals surface area contributed by atoms with Gasteiger partial charge in [0.2, 0.25) is 5.89 Å². The zero-order valence-electron chi connectivity index (χ0n) is 14.4. The van der Waals surface area contributed by atoms with Crippen LogP contribution in [0.1, 0.15) is 24.1 Å². The van der Waals surface area contributed by atoms with Crippen LogP contribution in [0.15, 0.2) is 65.3 Å². The number of oxazole rings is 1. The molecule has 0 aliphatic heterocycles. The highest BCUT2D eigenvalue weighted by Crippen LogP contribution is 2.30. The lowest BCUT2D eigenvalue weighted by molar-refractivity contribution is 0.242. The maximum Gasteiger partial charge on any atom is 0.226 e. The Hall–Kier alpha value is -2.59. The van der Waals surface area contributed by atoms with E-state index in [0.29, 0.717) is 11.9 Å². The van der Waals surface area contributed by atoms with Crippen molar-refractivity contribution in [2.75, 3.05) is 7.11 Å². The van der Waals surface area contributed by atoms with Crippen molar-refractivity contribution in [1.29, 1.82) is 0 Å². The standard InChI is InChI=1S/C21H22N2O2/c1-24-20-11-7-17(8-12-20)21-22-18(15-25-21)14-23(19-9-10-19)13-16-5-3-2-4-6-16/h2-8,11-12,15,19H,9-10,13-14H2,1H3. The zero-order chi connectivity index (χ0) is 17.1. The summed E-state index contributed by atoms with van der Waals surface area (Å²) < 4.78 is 10.9. The van der Waals surface area contributed by atoms with Crippen molar-refractivity contribution in [1.82, 2.24) is 9.88 Å². The SMILES string of the molecule is COc1ccc(-c2nc(CN(Cc3ccccc3)C3CC3)co2)cc1. The molecule has 3 aromatic rings. The molecule has 0 radical (unpaired) electrons. The van der Waals surface area contributed by atoms with Crippen molar-refractivity contribution in [3.63, 3.8) is 0 Å². The summed E-state index contributed by atoms with van der Waals surface area (Å²) in [7, 11) is 1.66. The molecule has 0 spiro atoms. The average Bonchev–Trinajstić information content (AvgIpc) is 3.41. The fourth-order valence-electron chi connectivity index (χ4n) is 3.03. The molecule has 0 saturated heterocycles. The van der Waals surface area contributed by atoms with E-state index >= 15 is 0 Å². The van der Waals surface area contributed by atoms with Crippen LogP contribution >= 0.6 is 0 Å². The first-order valence-electron chi connectivity index (χ1n) is 8.68. The quantitative estimate of drug-likeness (QED) is 0.637. The molecule has 128 valence electrons. The molecule has 4 rings (SSSR count). The van der Waals surface area contributed by atoms with Gasteiger partial charge in [0.15, 0.2) is 0 Å². The summed E-state index contributed by atoms with van der Waals surface area (Å²) in [5.74, 6) is 1.49. The van der Waals surface area contributed by atoms with Crippen LogP contribution in [0, 0.1) is 0 Å². The lowest BCUT2D eigenvalue weighted by atomic mass is 10.2. The molecule has 1 aromatic heterocycles. The van der Waals surface area contributed by atoms with E-state index < -0.39 is 0 Å². The summed E-state index contributed by atoms with van der Waals surface area (Å²) in [5.41, 5.74) is 3.29. The highest BCUT2D eigenvalue weighted by atomic mass is 16.5. The third kappa shape index (κ3) is 3.91. The van der Waals surface area contributed by atoms with Crippen LogP contribution in [0.5, 0.6) is 5.75 Å². The van der Waals surface area contributed by atoms with Crippen LogP contribution in [0.2, 0.25) is 0 Å². The fourth-order valence-corrected chi connectivity index (χ4v) is 3.03. The largest absolute Gasteiger partial charge is 0.497 e. The molecule has 2 aromatic carbocycles. The van der Waals surface area contributed by atoms with Crippen molar-refractivity contribution in [3.8, 4) is 17.2 Å². The van der Waals surface area contributed by atoms with Gasteiger partial charge in [-0.15, -0.1) is 0 Å². The highest BCUT2D eigenvalue weighted by molar-refractivity contribution is 5.54. The molecule has 0 N–H and O–H groups in total. The summed E-state index contributed by atoms with van der Waals surface area (Å²) in [6, 6.07) is 19.1. The number of aromatic nitrogens is 1. The third-order valence-electron chi connectivity index (χ3n) is 4.55. The molecule has 1 fully saturated rings. The predicted octanol–water partition coefficient (Wildman–Crippen LogP) is 4.51. The van der Waals surface area contributed by atoms with Crippen molar-refractivity contribution in [3.05, 3.63) is 72.1 Å². The van der Waals surface area contributed by atoms with E-state index in [4.69, 9.17) is 9.15 Å². The highest BCUT2D eigenvalue weighted by Gasteiger charge is 2.29. The van der Waals surface area contributed by atoms with Crippen LogP contribution in [0.25, 0.3) is 11.5 Å². The number of rotatable bonds is 7. The topological polar surface area (TPSA) is 38.5 Å². The van der Waals surface area contributed by atoms with Gasteiger partial charge in [-0.1, -0.05) is 30.3 Å². The number of hydrogen-bond acceptors (Lipinski definition) is 4. The first-order valence-corrected chi connectivity index (χ1v) is 8.68. The van der Waals surface area contributed by atoms with E-state index in [1.165, 1.54) is 18.4 Å². The lowest BCUT2D eigenvalue weighted by Crippen LogP contribution is -2.25. The van der Waals surface area contributed by atoms with Gasteiger partial charge in [0, 0.05) is 24.7 Å². The summed E-state index contributed by atoms with van der Waals surface area (Å²) >= 11 is 0. The van der Waals surface area contributed by atoms with Gasteiger partial charge in [-0.3, -0.25) is 4.90 Å². The van der Waals surface area contributed by atoms with Crippen LogP contribution in [0.3, 0.4) is 0 Å². The van der Waals surface area contributed by atoms with Crippen molar-refractivity contribution in [2.45, 2.75) is 32.0 Å². The monoisotopic (exact) mass is 334 g/mol. The van der Waals surface area contributed by atoms with Gasteiger partial charge in [-0.25, -0.2) is 4.98 Å². The van der Waals surface area contributed by atoms with Crippen LogP contribution in [-0.2, 0) is 13.1 Å². The van der Waals surface area contributed by atoms with Crippen LogP contribution < -0.4 is 4.74 Å².